The Bertz CT molecular complexity index is 528. The van der Waals surface area contributed by atoms with Gasteiger partial charge in [0.25, 0.3) is 0 Å². The quantitative estimate of drug-likeness (QED) is 0.884. The smallest absolute Gasteiger partial charge is 0.165 e. The molecule has 0 saturated carbocycles. The Hall–Kier alpha value is -1.87. The van der Waals surface area contributed by atoms with Crippen LogP contribution in [-0.4, -0.2) is 7.11 Å². The van der Waals surface area contributed by atoms with Gasteiger partial charge in [-0.2, -0.15) is 0 Å². The number of halogens is 1. The van der Waals surface area contributed by atoms with Crippen LogP contribution < -0.4 is 10.1 Å². The lowest BCUT2D eigenvalue weighted by Gasteiger charge is -2.14. The van der Waals surface area contributed by atoms with Crippen LogP contribution >= 0.6 is 0 Å². The van der Waals surface area contributed by atoms with Crippen molar-refractivity contribution in [2.75, 3.05) is 7.11 Å². The first kappa shape index (κ1) is 13.6. The molecular formula is C16H18FNO. The molecule has 0 heterocycles. The Labute approximate surface area is 113 Å². The number of rotatable bonds is 5. The Morgan fingerprint density at radius 1 is 1.16 bits per heavy atom. The molecule has 0 aromatic heterocycles. The monoisotopic (exact) mass is 259 g/mol. The Morgan fingerprint density at radius 3 is 2.53 bits per heavy atom. The molecule has 0 saturated heterocycles. The fourth-order valence-electron chi connectivity index (χ4n) is 1.95. The first-order valence-electron chi connectivity index (χ1n) is 6.31. The molecule has 3 heteroatoms. The van der Waals surface area contributed by atoms with Gasteiger partial charge in [-0.25, -0.2) is 4.39 Å². The summed E-state index contributed by atoms with van der Waals surface area (Å²) in [6.45, 7) is 2.71. The van der Waals surface area contributed by atoms with Crippen molar-refractivity contribution in [1.29, 1.82) is 0 Å². The fourth-order valence-corrected chi connectivity index (χ4v) is 1.95. The van der Waals surface area contributed by atoms with Crippen molar-refractivity contribution in [3.63, 3.8) is 0 Å². The molecule has 0 unspecified atom stereocenters. The summed E-state index contributed by atoms with van der Waals surface area (Å²) in [4.78, 5) is 0. The SMILES string of the molecule is COc1ccc(CN[C@@H](C)c2ccccc2)cc1F. The standard InChI is InChI=1S/C16H18FNO/c1-12(14-6-4-3-5-7-14)18-11-13-8-9-16(19-2)15(17)10-13/h3-10,12,18H,11H2,1-2H3/t12-/m0/s1. The molecule has 2 aromatic carbocycles. The van der Waals surface area contributed by atoms with Crippen molar-refractivity contribution >= 4 is 0 Å². The van der Waals surface area contributed by atoms with Crippen LogP contribution in [0.2, 0.25) is 0 Å². The maximum atomic E-state index is 13.5. The average molecular weight is 259 g/mol. The van der Waals surface area contributed by atoms with Gasteiger partial charge in [0, 0.05) is 12.6 Å². The van der Waals surface area contributed by atoms with Gasteiger partial charge in [0.2, 0.25) is 0 Å². The van der Waals surface area contributed by atoms with Crippen LogP contribution in [-0.2, 0) is 6.54 Å². The van der Waals surface area contributed by atoms with Gasteiger partial charge >= 0.3 is 0 Å². The fraction of sp³-hybridized carbons (Fsp3) is 0.250. The summed E-state index contributed by atoms with van der Waals surface area (Å²) < 4.78 is 18.4. The van der Waals surface area contributed by atoms with Gasteiger partial charge < -0.3 is 10.1 Å². The second kappa shape index (κ2) is 6.34. The van der Waals surface area contributed by atoms with E-state index in [0.717, 1.165) is 5.56 Å². The number of methoxy groups -OCH3 is 1. The van der Waals surface area contributed by atoms with E-state index in [9.17, 15) is 4.39 Å². The molecule has 0 aliphatic heterocycles. The van der Waals surface area contributed by atoms with Crippen LogP contribution in [0.5, 0.6) is 5.75 Å². The topological polar surface area (TPSA) is 21.3 Å². The normalized spacial score (nSPS) is 12.2. The van der Waals surface area contributed by atoms with E-state index in [1.54, 1.807) is 6.07 Å². The zero-order valence-corrected chi connectivity index (χ0v) is 11.2. The van der Waals surface area contributed by atoms with Gasteiger partial charge in [0.15, 0.2) is 11.6 Å². The number of benzene rings is 2. The Morgan fingerprint density at radius 2 is 1.89 bits per heavy atom. The van der Waals surface area contributed by atoms with E-state index in [1.165, 1.54) is 18.7 Å². The van der Waals surface area contributed by atoms with Crippen molar-refractivity contribution < 1.29 is 9.13 Å². The first-order valence-corrected chi connectivity index (χ1v) is 6.31. The minimum atomic E-state index is -0.325. The molecule has 100 valence electrons. The minimum Gasteiger partial charge on any atom is -0.494 e. The molecule has 0 radical (unpaired) electrons. The van der Waals surface area contributed by atoms with E-state index in [2.05, 4.69) is 24.4 Å². The summed E-state index contributed by atoms with van der Waals surface area (Å²) in [5.74, 6) is -0.0472. The third-order valence-corrected chi connectivity index (χ3v) is 3.13. The predicted octanol–water partition coefficient (Wildman–Crippen LogP) is 3.69. The molecule has 2 aromatic rings. The van der Waals surface area contributed by atoms with E-state index in [-0.39, 0.29) is 17.6 Å². The molecule has 1 N–H and O–H groups in total. The summed E-state index contributed by atoms with van der Waals surface area (Å²) in [6.07, 6.45) is 0. The number of hydrogen-bond acceptors (Lipinski definition) is 2. The third-order valence-electron chi connectivity index (χ3n) is 3.13. The lowest BCUT2D eigenvalue weighted by molar-refractivity contribution is 0.386. The van der Waals surface area contributed by atoms with E-state index in [0.29, 0.717) is 6.54 Å². The summed E-state index contributed by atoms with van der Waals surface area (Å²) in [6, 6.07) is 15.4. The van der Waals surface area contributed by atoms with E-state index in [4.69, 9.17) is 4.74 Å². The third kappa shape index (κ3) is 3.55. The summed E-state index contributed by atoms with van der Waals surface area (Å²) >= 11 is 0. The van der Waals surface area contributed by atoms with Crippen molar-refractivity contribution in [1.82, 2.24) is 5.32 Å². The van der Waals surface area contributed by atoms with E-state index < -0.39 is 0 Å². The zero-order valence-electron chi connectivity index (χ0n) is 11.2. The number of nitrogens with one attached hydrogen (secondary N) is 1. The number of hydrogen-bond donors (Lipinski definition) is 1. The second-order valence-electron chi connectivity index (χ2n) is 4.48. The highest BCUT2D eigenvalue weighted by molar-refractivity contribution is 5.29. The van der Waals surface area contributed by atoms with Crippen molar-refractivity contribution in [3.05, 3.63) is 65.5 Å². The molecule has 0 fully saturated rings. The van der Waals surface area contributed by atoms with Gasteiger partial charge in [0.1, 0.15) is 0 Å². The van der Waals surface area contributed by atoms with Crippen LogP contribution in [0.25, 0.3) is 0 Å². The Balaban J connectivity index is 1.97. The highest BCUT2D eigenvalue weighted by Crippen LogP contribution is 2.18. The van der Waals surface area contributed by atoms with E-state index in [1.807, 2.05) is 24.3 Å². The van der Waals surface area contributed by atoms with Crippen LogP contribution in [0.1, 0.15) is 24.1 Å². The average Bonchev–Trinajstić information content (AvgIpc) is 2.46. The van der Waals surface area contributed by atoms with Gasteiger partial charge in [-0.15, -0.1) is 0 Å². The molecular weight excluding hydrogens is 241 g/mol. The summed E-state index contributed by atoms with van der Waals surface area (Å²) in [5.41, 5.74) is 2.12. The molecule has 0 amide bonds. The van der Waals surface area contributed by atoms with Crippen LogP contribution in [0.4, 0.5) is 4.39 Å². The molecule has 0 aliphatic rings. The molecule has 0 bridgehead atoms. The highest BCUT2D eigenvalue weighted by atomic mass is 19.1. The van der Waals surface area contributed by atoms with Gasteiger partial charge in [0.05, 0.1) is 7.11 Å². The van der Waals surface area contributed by atoms with E-state index >= 15 is 0 Å². The Kier molecular flexibility index (Phi) is 4.53. The lowest BCUT2D eigenvalue weighted by atomic mass is 10.1. The highest BCUT2D eigenvalue weighted by Gasteiger charge is 2.06. The second-order valence-corrected chi connectivity index (χ2v) is 4.48. The molecule has 19 heavy (non-hydrogen) atoms. The molecule has 2 nitrogen and oxygen atoms in total. The maximum absolute atomic E-state index is 13.5. The van der Waals surface area contributed by atoms with Crippen LogP contribution in [0, 0.1) is 5.82 Å². The van der Waals surface area contributed by atoms with Gasteiger partial charge in [-0.1, -0.05) is 36.4 Å². The van der Waals surface area contributed by atoms with Crippen LogP contribution in [0.3, 0.4) is 0 Å². The van der Waals surface area contributed by atoms with Crippen molar-refractivity contribution in [2.24, 2.45) is 0 Å². The van der Waals surface area contributed by atoms with Crippen molar-refractivity contribution in [3.8, 4) is 5.75 Å². The lowest BCUT2D eigenvalue weighted by Crippen LogP contribution is -2.18. The summed E-state index contributed by atoms with van der Waals surface area (Å²) in [5, 5.41) is 3.37. The maximum Gasteiger partial charge on any atom is 0.165 e. The molecule has 0 aliphatic carbocycles. The number of ether oxygens (including phenoxy) is 1. The predicted molar refractivity (Wildman–Crippen MR) is 74.6 cm³/mol. The minimum absolute atomic E-state index is 0.228. The molecule has 0 spiro atoms. The molecule has 1 atom stereocenters. The van der Waals surface area contributed by atoms with Crippen LogP contribution in [0.15, 0.2) is 48.5 Å². The summed E-state index contributed by atoms with van der Waals surface area (Å²) in [7, 11) is 1.47. The van der Waals surface area contributed by atoms with Crippen molar-refractivity contribution in [2.45, 2.75) is 19.5 Å². The first-order chi connectivity index (χ1) is 9.20. The van der Waals surface area contributed by atoms with Gasteiger partial charge in [-0.05, 0) is 30.2 Å². The zero-order chi connectivity index (χ0) is 13.7. The van der Waals surface area contributed by atoms with Gasteiger partial charge in [-0.3, -0.25) is 0 Å². The largest absolute Gasteiger partial charge is 0.494 e. The molecule has 2 rings (SSSR count).